The van der Waals surface area contributed by atoms with Gasteiger partial charge in [0.05, 0.1) is 0 Å². The molecule has 4 nitrogen and oxygen atoms in total. The van der Waals surface area contributed by atoms with Gasteiger partial charge in [-0.15, -0.1) is 11.3 Å². The van der Waals surface area contributed by atoms with Crippen LogP contribution in [-0.4, -0.2) is 10.9 Å². The predicted octanol–water partition coefficient (Wildman–Crippen LogP) is 2.14. The first-order valence-electron chi connectivity index (χ1n) is 4.97. The van der Waals surface area contributed by atoms with E-state index in [9.17, 15) is 14.7 Å². The van der Waals surface area contributed by atoms with E-state index < -0.39 is 11.4 Å². The first-order valence-corrected chi connectivity index (χ1v) is 5.85. The molecule has 0 bridgehead atoms. The number of aryl methyl sites for hydroxylation is 1. The molecule has 0 aromatic carbocycles. The second-order valence-corrected chi connectivity index (χ2v) is 4.62. The largest absolute Gasteiger partial charge is 0.507 e. The van der Waals surface area contributed by atoms with Crippen LogP contribution in [0.15, 0.2) is 32.8 Å². The summed E-state index contributed by atoms with van der Waals surface area (Å²) in [5, 5.41) is 11.4. The number of aromatic hydroxyl groups is 1. The van der Waals surface area contributed by atoms with Crippen molar-refractivity contribution in [3.63, 3.8) is 0 Å². The second kappa shape index (κ2) is 4.55. The van der Waals surface area contributed by atoms with E-state index in [1.807, 2.05) is 11.4 Å². The minimum atomic E-state index is -0.788. The number of carbonyl (C=O) groups is 1. The van der Waals surface area contributed by atoms with Gasteiger partial charge in [0.1, 0.15) is 17.1 Å². The Morgan fingerprint density at radius 2 is 2.29 bits per heavy atom. The fourth-order valence-electron chi connectivity index (χ4n) is 1.51. The van der Waals surface area contributed by atoms with Crippen molar-refractivity contribution < 1.29 is 14.3 Å². The van der Waals surface area contributed by atoms with Gasteiger partial charge in [0.25, 0.3) is 0 Å². The molecule has 0 saturated carbocycles. The normalized spacial score (nSPS) is 10.4. The molecule has 1 N–H and O–H groups in total. The van der Waals surface area contributed by atoms with Crippen molar-refractivity contribution in [1.29, 1.82) is 0 Å². The number of Topliss-reactive ketones (excluding diaryl/α,β-unsaturated/α-hetero) is 1. The van der Waals surface area contributed by atoms with Crippen molar-refractivity contribution in [1.82, 2.24) is 0 Å². The number of carbonyl (C=O) groups excluding carboxylic acids is 1. The Morgan fingerprint density at radius 1 is 1.53 bits per heavy atom. The number of hydrogen-bond acceptors (Lipinski definition) is 5. The van der Waals surface area contributed by atoms with Crippen LogP contribution in [0.5, 0.6) is 5.75 Å². The zero-order chi connectivity index (χ0) is 12.4. The quantitative estimate of drug-likeness (QED) is 0.847. The average Bonchev–Trinajstić information content (AvgIpc) is 2.68. The van der Waals surface area contributed by atoms with Crippen molar-refractivity contribution in [2.45, 2.75) is 13.3 Å². The SMILES string of the molecule is Cc1cc(O)c(C(=O)Cc2cccs2)c(=O)o1. The highest BCUT2D eigenvalue weighted by Crippen LogP contribution is 2.18. The van der Waals surface area contributed by atoms with Gasteiger partial charge in [-0.05, 0) is 18.4 Å². The lowest BCUT2D eigenvalue weighted by Gasteiger charge is -2.01. The zero-order valence-electron chi connectivity index (χ0n) is 9.10. The van der Waals surface area contributed by atoms with E-state index in [4.69, 9.17) is 4.42 Å². The molecule has 2 aromatic heterocycles. The summed E-state index contributed by atoms with van der Waals surface area (Å²) in [5.41, 5.74) is -1.06. The minimum absolute atomic E-state index is 0.0963. The van der Waals surface area contributed by atoms with Gasteiger partial charge in [-0.1, -0.05) is 6.07 Å². The summed E-state index contributed by atoms with van der Waals surface area (Å²) in [5.74, 6) is -0.473. The van der Waals surface area contributed by atoms with Gasteiger partial charge in [-0.2, -0.15) is 0 Å². The van der Waals surface area contributed by atoms with Crippen LogP contribution in [0.4, 0.5) is 0 Å². The fraction of sp³-hybridized carbons (Fsp3) is 0.167. The van der Waals surface area contributed by atoms with Gasteiger partial charge in [0.2, 0.25) is 0 Å². The van der Waals surface area contributed by atoms with E-state index in [0.29, 0.717) is 0 Å². The first-order chi connectivity index (χ1) is 8.08. The molecule has 0 spiro atoms. The van der Waals surface area contributed by atoms with Crippen LogP contribution in [0.25, 0.3) is 0 Å². The molecule has 2 rings (SSSR count). The van der Waals surface area contributed by atoms with Gasteiger partial charge in [-0.25, -0.2) is 4.79 Å². The number of rotatable bonds is 3. The number of thiophene rings is 1. The van der Waals surface area contributed by atoms with Crippen LogP contribution < -0.4 is 5.63 Å². The smallest absolute Gasteiger partial charge is 0.350 e. The molecule has 0 fully saturated rings. The molecule has 0 aliphatic carbocycles. The maximum Gasteiger partial charge on any atom is 0.350 e. The molecular weight excluding hydrogens is 240 g/mol. The van der Waals surface area contributed by atoms with Gasteiger partial charge in [-0.3, -0.25) is 4.79 Å². The summed E-state index contributed by atoms with van der Waals surface area (Å²) in [6.45, 7) is 1.54. The van der Waals surface area contributed by atoms with Crippen LogP contribution in [0, 0.1) is 6.92 Å². The summed E-state index contributed by atoms with van der Waals surface area (Å²) in [7, 11) is 0. The Kier molecular flexibility index (Phi) is 3.10. The maximum absolute atomic E-state index is 11.9. The highest BCUT2D eigenvalue weighted by atomic mass is 32.1. The Balaban J connectivity index is 2.35. The van der Waals surface area contributed by atoms with Crippen molar-refractivity contribution in [2.24, 2.45) is 0 Å². The molecule has 0 amide bonds. The van der Waals surface area contributed by atoms with Crippen LogP contribution in [0.3, 0.4) is 0 Å². The molecule has 0 saturated heterocycles. The summed E-state index contributed by atoms with van der Waals surface area (Å²) in [4.78, 5) is 24.2. The van der Waals surface area contributed by atoms with E-state index in [0.717, 1.165) is 4.88 Å². The number of ketones is 1. The van der Waals surface area contributed by atoms with Gasteiger partial charge in [0, 0.05) is 17.4 Å². The molecule has 2 aromatic rings. The highest BCUT2D eigenvalue weighted by molar-refractivity contribution is 7.10. The molecule has 0 unspecified atom stereocenters. The van der Waals surface area contributed by atoms with E-state index in [2.05, 4.69) is 0 Å². The molecule has 88 valence electrons. The van der Waals surface area contributed by atoms with Crippen molar-refractivity contribution in [3.05, 3.63) is 50.2 Å². The third-order valence-electron chi connectivity index (χ3n) is 2.25. The minimum Gasteiger partial charge on any atom is -0.507 e. The Labute approximate surface area is 101 Å². The van der Waals surface area contributed by atoms with Crippen LogP contribution >= 0.6 is 11.3 Å². The lowest BCUT2D eigenvalue weighted by Crippen LogP contribution is -2.16. The van der Waals surface area contributed by atoms with Crippen LogP contribution in [-0.2, 0) is 6.42 Å². The third-order valence-corrected chi connectivity index (χ3v) is 3.12. The molecule has 5 heteroatoms. The number of hydrogen-bond donors (Lipinski definition) is 1. The molecule has 0 radical (unpaired) electrons. The summed E-state index contributed by atoms with van der Waals surface area (Å²) >= 11 is 1.43. The highest BCUT2D eigenvalue weighted by Gasteiger charge is 2.18. The van der Waals surface area contributed by atoms with E-state index >= 15 is 0 Å². The van der Waals surface area contributed by atoms with Gasteiger partial charge in [0.15, 0.2) is 5.78 Å². The van der Waals surface area contributed by atoms with Crippen molar-refractivity contribution >= 4 is 17.1 Å². The van der Waals surface area contributed by atoms with E-state index in [1.54, 1.807) is 6.07 Å². The predicted molar refractivity (Wildman–Crippen MR) is 63.7 cm³/mol. The molecule has 0 atom stereocenters. The van der Waals surface area contributed by atoms with Crippen molar-refractivity contribution in [3.8, 4) is 5.75 Å². The summed E-state index contributed by atoms with van der Waals surface area (Å²) in [6, 6.07) is 4.89. The molecule has 2 heterocycles. The standard InChI is InChI=1S/C12H10O4S/c1-7-5-9(13)11(12(15)16-7)10(14)6-8-3-2-4-17-8/h2-5,13H,6H2,1H3. The molecule has 17 heavy (non-hydrogen) atoms. The maximum atomic E-state index is 11.9. The first kappa shape index (κ1) is 11.6. The van der Waals surface area contributed by atoms with Crippen molar-refractivity contribution in [2.75, 3.05) is 0 Å². The fourth-order valence-corrected chi connectivity index (χ4v) is 2.22. The Morgan fingerprint density at radius 3 is 2.88 bits per heavy atom. The van der Waals surface area contributed by atoms with Gasteiger partial charge >= 0.3 is 5.63 Å². The Hall–Kier alpha value is -1.88. The van der Waals surface area contributed by atoms with E-state index in [-0.39, 0.29) is 23.5 Å². The average molecular weight is 250 g/mol. The molecule has 0 aliphatic heterocycles. The summed E-state index contributed by atoms with van der Waals surface area (Å²) < 4.78 is 4.80. The van der Waals surface area contributed by atoms with E-state index in [1.165, 1.54) is 24.3 Å². The topological polar surface area (TPSA) is 67.5 Å². The molecular formula is C12H10O4S. The van der Waals surface area contributed by atoms with Crippen LogP contribution in [0.2, 0.25) is 0 Å². The lowest BCUT2D eigenvalue weighted by molar-refractivity contribution is 0.0987. The van der Waals surface area contributed by atoms with Crippen LogP contribution in [0.1, 0.15) is 21.0 Å². The zero-order valence-corrected chi connectivity index (χ0v) is 9.91. The summed E-state index contributed by atoms with van der Waals surface area (Å²) in [6.07, 6.45) is 0.0963. The second-order valence-electron chi connectivity index (χ2n) is 3.58. The monoisotopic (exact) mass is 250 g/mol. The Bertz CT molecular complexity index is 595. The van der Waals surface area contributed by atoms with Gasteiger partial charge < -0.3 is 9.52 Å². The third kappa shape index (κ3) is 2.45. The molecule has 0 aliphatic rings. The lowest BCUT2D eigenvalue weighted by atomic mass is 10.1.